The first-order valence-electron chi connectivity index (χ1n) is 3.14. The normalized spacial score (nSPS) is 11.2. The van der Waals surface area contributed by atoms with Crippen molar-refractivity contribution in [1.82, 2.24) is 0 Å². The molecule has 0 amide bonds. The predicted molar refractivity (Wildman–Crippen MR) is 44.0 cm³/mol. The fourth-order valence-electron chi connectivity index (χ4n) is 0.515. The zero-order chi connectivity index (χ0) is 7.98. The van der Waals surface area contributed by atoms with Gasteiger partial charge in [0.25, 0.3) is 0 Å². The third-order valence-corrected chi connectivity index (χ3v) is 1.20. The number of ketones is 1. The van der Waals surface area contributed by atoms with Gasteiger partial charge in [-0.15, -0.1) is 0 Å². The third-order valence-electron chi connectivity index (χ3n) is 1.04. The maximum absolute atomic E-state index is 10.6. The van der Waals surface area contributed by atoms with E-state index in [1.54, 1.807) is 6.92 Å². The average Bonchev–Trinajstić information content (AvgIpc) is 1.87. The maximum atomic E-state index is 10.6. The zero-order valence-electron chi connectivity index (χ0n) is 6.06. The number of hydrogen-bond acceptors (Lipinski definition) is 1. The SMILES string of the molecule is C=CC(=O)CCC=C(C)Cl. The van der Waals surface area contributed by atoms with Crippen LogP contribution in [-0.2, 0) is 4.79 Å². The van der Waals surface area contributed by atoms with E-state index in [1.807, 2.05) is 6.08 Å². The molecule has 0 aromatic rings. The van der Waals surface area contributed by atoms with Crippen LogP contribution in [0.1, 0.15) is 19.8 Å². The van der Waals surface area contributed by atoms with E-state index < -0.39 is 0 Å². The minimum atomic E-state index is 0.0640. The van der Waals surface area contributed by atoms with Gasteiger partial charge in [-0.3, -0.25) is 4.79 Å². The maximum Gasteiger partial charge on any atom is 0.155 e. The summed E-state index contributed by atoms with van der Waals surface area (Å²) in [4.78, 5) is 10.6. The highest BCUT2D eigenvalue weighted by Gasteiger charge is 1.91. The molecule has 0 rings (SSSR count). The molecule has 1 nitrogen and oxygen atoms in total. The van der Waals surface area contributed by atoms with Crippen LogP contribution in [0.5, 0.6) is 0 Å². The highest BCUT2D eigenvalue weighted by Crippen LogP contribution is 2.02. The summed E-state index contributed by atoms with van der Waals surface area (Å²) in [6, 6.07) is 0. The molecule has 0 spiro atoms. The van der Waals surface area contributed by atoms with Crippen LogP contribution in [0.15, 0.2) is 23.8 Å². The van der Waals surface area contributed by atoms with Crippen molar-refractivity contribution in [2.75, 3.05) is 0 Å². The van der Waals surface area contributed by atoms with Gasteiger partial charge in [-0.2, -0.15) is 0 Å². The highest BCUT2D eigenvalue weighted by molar-refractivity contribution is 6.29. The quantitative estimate of drug-likeness (QED) is 0.575. The Balaban J connectivity index is 3.46. The van der Waals surface area contributed by atoms with E-state index in [1.165, 1.54) is 6.08 Å². The largest absolute Gasteiger partial charge is 0.295 e. The molecule has 0 aromatic heterocycles. The summed E-state index contributed by atoms with van der Waals surface area (Å²) in [5.41, 5.74) is 0. The number of halogens is 1. The van der Waals surface area contributed by atoms with Crippen molar-refractivity contribution in [1.29, 1.82) is 0 Å². The number of rotatable bonds is 4. The molecule has 2 heteroatoms. The van der Waals surface area contributed by atoms with E-state index in [9.17, 15) is 4.79 Å². The Morgan fingerprint density at radius 1 is 1.70 bits per heavy atom. The molecule has 0 N–H and O–H groups in total. The molecule has 0 aliphatic heterocycles. The van der Waals surface area contributed by atoms with Gasteiger partial charge >= 0.3 is 0 Å². The summed E-state index contributed by atoms with van der Waals surface area (Å²) < 4.78 is 0. The number of carbonyl (C=O) groups is 1. The molecule has 0 heterocycles. The first-order valence-corrected chi connectivity index (χ1v) is 3.52. The van der Waals surface area contributed by atoms with Crippen LogP contribution in [0, 0.1) is 0 Å². The van der Waals surface area contributed by atoms with Crippen molar-refractivity contribution >= 4 is 17.4 Å². The second kappa shape index (κ2) is 5.24. The summed E-state index contributed by atoms with van der Waals surface area (Å²) in [6.45, 7) is 5.15. The molecule has 56 valence electrons. The standard InChI is InChI=1S/C8H11ClO/c1-3-8(10)6-4-5-7(2)9/h3,5H,1,4,6H2,2H3. The minimum absolute atomic E-state index is 0.0640. The van der Waals surface area contributed by atoms with Gasteiger partial charge in [0.1, 0.15) is 0 Å². The molecule has 0 radical (unpaired) electrons. The number of hydrogen-bond donors (Lipinski definition) is 0. The van der Waals surface area contributed by atoms with Gasteiger partial charge in [0.2, 0.25) is 0 Å². The molecule has 0 fully saturated rings. The minimum Gasteiger partial charge on any atom is -0.295 e. The van der Waals surface area contributed by atoms with E-state index in [-0.39, 0.29) is 5.78 Å². The summed E-state index contributed by atoms with van der Waals surface area (Å²) in [5.74, 6) is 0.0640. The predicted octanol–water partition coefficient (Wildman–Crippen LogP) is 2.66. The van der Waals surface area contributed by atoms with Gasteiger partial charge < -0.3 is 0 Å². The van der Waals surface area contributed by atoms with Crippen molar-refractivity contribution in [3.63, 3.8) is 0 Å². The lowest BCUT2D eigenvalue weighted by molar-refractivity contribution is -0.114. The zero-order valence-corrected chi connectivity index (χ0v) is 6.82. The Morgan fingerprint density at radius 2 is 2.30 bits per heavy atom. The van der Waals surface area contributed by atoms with E-state index in [2.05, 4.69) is 6.58 Å². The first-order chi connectivity index (χ1) is 4.66. The number of allylic oxidation sites excluding steroid dienone is 3. The van der Waals surface area contributed by atoms with E-state index in [0.29, 0.717) is 12.8 Å². The van der Waals surface area contributed by atoms with E-state index in [4.69, 9.17) is 11.6 Å². The van der Waals surface area contributed by atoms with E-state index >= 15 is 0 Å². The van der Waals surface area contributed by atoms with Gasteiger partial charge in [-0.1, -0.05) is 24.3 Å². The Labute approximate surface area is 66.4 Å². The van der Waals surface area contributed by atoms with Crippen molar-refractivity contribution in [2.24, 2.45) is 0 Å². The van der Waals surface area contributed by atoms with Crippen LogP contribution < -0.4 is 0 Å². The van der Waals surface area contributed by atoms with Gasteiger partial charge in [0.15, 0.2) is 5.78 Å². The summed E-state index contributed by atoms with van der Waals surface area (Å²) >= 11 is 5.53. The topological polar surface area (TPSA) is 17.1 Å². The van der Waals surface area contributed by atoms with Crippen LogP contribution in [0.3, 0.4) is 0 Å². The van der Waals surface area contributed by atoms with Crippen molar-refractivity contribution in [3.8, 4) is 0 Å². The Morgan fingerprint density at radius 3 is 2.70 bits per heavy atom. The molecule has 0 unspecified atom stereocenters. The van der Waals surface area contributed by atoms with Crippen LogP contribution in [0.25, 0.3) is 0 Å². The van der Waals surface area contributed by atoms with Gasteiger partial charge in [-0.25, -0.2) is 0 Å². The van der Waals surface area contributed by atoms with Gasteiger partial charge in [-0.05, 0) is 19.4 Å². The molecule has 0 bridgehead atoms. The summed E-state index contributed by atoms with van der Waals surface area (Å²) in [6.07, 6.45) is 4.37. The lowest BCUT2D eigenvalue weighted by Crippen LogP contribution is -1.88. The van der Waals surface area contributed by atoms with Crippen LogP contribution in [0.2, 0.25) is 0 Å². The van der Waals surface area contributed by atoms with Gasteiger partial charge in [0, 0.05) is 11.5 Å². The average molecular weight is 159 g/mol. The molecular weight excluding hydrogens is 148 g/mol. The summed E-state index contributed by atoms with van der Waals surface area (Å²) in [5, 5.41) is 0.733. The molecule has 10 heavy (non-hydrogen) atoms. The van der Waals surface area contributed by atoms with Crippen molar-refractivity contribution in [2.45, 2.75) is 19.8 Å². The molecule has 0 aliphatic rings. The Kier molecular flexibility index (Phi) is 4.95. The third kappa shape index (κ3) is 5.57. The molecular formula is C8H11ClO. The fourth-order valence-corrected chi connectivity index (χ4v) is 0.624. The monoisotopic (exact) mass is 158 g/mol. The van der Waals surface area contributed by atoms with Crippen LogP contribution in [0.4, 0.5) is 0 Å². The van der Waals surface area contributed by atoms with Crippen molar-refractivity contribution < 1.29 is 4.79 Å². The lowest BCUT2D eigenvalue weighted by Gasteiger charge is -1.88. The molecule has 0 aromatic carbocycles. The van der Waals surface area contributed by atoms with Gasteiger partial charge in [0.05, 0.1) is 0 Å². The second-order valence-electron chi connectivity index (χ2n) is 2.00. The van der Waals surface area contributed by atoms with Crippen LogP contribution >= 0.6 is 11.6 Å². The first kappa shape index (κ1) is 9.44. The second-order valence-corrected chi connectivity index (χ2v) is 2.60. The number of carbonyl (C=O) groups excluding carboxylic acids is 1. The highest BCUT2D eigenvalue weighted by atomic mass is 35.5. The van der Waals surface area contributed by atoms with Crippen LogP contribution in [-0.4, -0.2) is 5.78 Å². The lowest BCUT2D eigenvalue weighted by atomic mass is 10.2. The summed E-state index contributed by atoms with van der Waals surface area (Å²) in [7, 11) is 0. The Hall–Kier alpha value is -0.560. The Bertz CT molecular complexity index is 155. The van der Waals surface area contributed by atoms with E-state index in [0.717, 1.165) is 5.03 Å². The molecule has 0 saturated heterocycles. The molecule has 0 aliphatic carbocycles. The molecule has 0 saturated carbocycles. The van der Waals surface area contributed by atoms with Crippen molar-refractivity contribution in [3.05, 3.63) is 23.8 Å². The fraction of sp³-hybridized carbons (Fsp3) is 0.375. The smallest absolute Gasteiger partial charge is 0.155 e. The molecule has 0 atom stereocenters.